The van der Waals surface area contributed by atoms with E-state index in [1.54, 1.807) is 0 Å². The van der Waals surface area contributed by atoms with Gasteiger partial charge in [-0.1, -0.05) is 64.4 Å². The molecular formula is C17H27NO. The van der Waals surface area contributed by atoms with Crippen molar-refractivity contribution in [3.05, 3.63) is 35.9 Å². The molecule has 0 saturated heterocycles. The van der Waals surface area contributed by atoms with Crippen molar-refractivity contribution in [2.75, 3.05) is 6.54 Å². The first-order valence-electron chi connectivity index (χ1n) is 7.26. The number of carbonyl (C=O) groups excluding carboxylic acids is 1. The summed E-state index contributed by atoms with van der Waals surface area (Å²) in [5, 5.41) is 3.08. The monoisotopic (exact) mass is 261 g/mol. The van der Waals surface area contributed by atoms with Gasteiger partial charge in [0.25, 0.3) is 0 Å². The van der Waals surface area contributed by atoms with E-state index in [0.29, 0.717) is 0 Å². The summed E-state index contributed by atoms with van der Waals surface area (Å²) in [6, 6.07) is 10.3. The van der Waals surface area contributed by atoms with Crippen LogP contribution in [0.3, 0.4) is 0 Å². The first-order chi connectivity index (χ1) is 8.95. The number of hydrogen-bond donors (Lipinski definition) is 1. The molecule has 19 heavy (non-hydrogen) atoms. The summed E-state index contributed by atoms with van der Waals surface area (Å²) in [6.45, 7) is 9.29. The summed E-state index contributed by atoms with van der Waals surface area (Å²) >= 11 is 0. The Morgan fingerprint density at radius 3 is 2.37 bits per heavy atom. The zero-order valence-electron chi connectivity index (χ0n) is 12.7. The minimum atomic E-state index is 0.0346. The van der Waals surface area contributed by atoms with E-state index in [4.69, 9.17) is 0 Å². The van der Waals surface area contributed by atoms with Crippen molar-refractivity contribution < 1.29 is 4.79 Å². The zero-order chi connectivity index (χ0) is 14.3. The van der Waals surface area contributed by atoms with Crippen molar-refractivity contribution in [3.8, 4) is 0 Å². The molecule has 2 heteroatoms. The molecule has 1 atom stereocenters. The predicted molar refractivity (Wildman–Crippen MR) is 81.0 cm³/mol. The molecule has 0 aromatic heterocycles. The van der Waals surface area contributed by atoms with E-state index < -0.39 is 0 Å². The SMILES string of the molecule is CCCC(C(=O)NCCc1ccccc1)C(C)(C)C. The first kappa shape index (κ1) is 15.7. The highest BCUT2D eigenvalue weighted by Gasteiger charge is 2.29. The molecule has 106 valence electrons. The normalized spacial score (nSPS) is 13.1. The molecule has 0 heterocycles. The van der Waals surface area contributed by atoms with Crippen molar-refractivity contribution >= 4 is 5.91 Å². The third-order valence-corrected chi connectivity index (χ3v) is 3.49. The van der Waals surface area contributed by atoms with Gasteiger partial charge >= 0.3 is 0 Å². The van der Waals surface area contributed by atoms with Crippen LogP contribution in [0, 0.1) is 11.3 Å². The second-order valence-electron chi connectivity index (χ2n) is 6.23. The summed E-state index contributed by atoms with van der Waals surface area (Å²) in [7, 11) is 0. The third-order valence-electron chi connectivity index (χ3n) is 3.49. The molecule has 1 rings (SSSR count). The maximum absolute atomic E-state index is 12.3. The Kier molecular flexibility index (Phi) is 6.07. The van der Waals surface area contributed by atoms with Gasteiger partial charge in [0.1, 0.15) is 0 Å². The van der Waals surface area contributed by atoms with Crippen LogP contribution in [0.2, 0.25) is 0 Å². The summed E-state index contributed by atoms with van der Waals surface area (Å²) < 4.78 is 0. The third kappa shape index (κ3) is 5.46. The van der Waals surface area contributed by atoms with Crippen LogP contribution < -0.4 is 5.32 Å². The molecule has 0 radical (unpaired) electrons. The van der Waals surface area contributed by atoms with Crippen molar-refractivity contribution in [1.82, 2.24) is 5.32 Å². The molecule has 0 saturated carbocycles. The fraction of sp³-hybridized carbons (Fsp3) is 0.588. The summed E-state index contributed by atoms with van der Waals surface area (Å²) in [6.07, 6.45) is 2.91. The maximum atomic E-state index is 12.3. The highest BCUT2D eigenvalue weighted by molar-refractivity contribution is 5.79. The van der Waals surface area contributed by atoms with Gasteiger partial charge in [0, 0.05) is 12.5 Å². The molecule has 1 aromatic rings. The lowest BCUT2D eigenvalue weighted by molar-refractivity contribution is -0.128. The molecule has 1 unspecified atom stereocenters. The lowest BCUT2D eigenvalue weighted by atomic mass is 9.77. The van der Waals surface area contributed by atoms with Gasteiger partial charge in [-0.25, -0.2) is 0 Å². The number of carbonyl (C=O) groups is 1. The first-order valence-corrected chi connectivity index (χ1v) is 7.26. The molecule has 0 spiro atoms. The van der Waals surface area contributed by atoms with E-state index in [2.05, 4.69) is 45.1 Å². The van der Waals surface area contributed by atoms with E-state index in [1.165, 1.54) is 5.56 Å². The highest BCUT2D eigenvalue weighted by Crippen LogP contribution is 2.29. The molecule has 1 N–H and O–H groups in total. The van der Waals surface area contributed by atoms with Crippen molar-refractivity contribution in [2.45, 2.75) is 47.0 Å². The Hall–Kier alpha value is -1.31. The van der Waals surface area contributed by atoms with Gasteiger partial charge < -0.3 is 5.32 Å². The smallest absolute Gasteiger partial charge is 0.223 e. The Labute approximate surface area is 117 Å². The lowest BCUT2D eigenvalue weighted by Gasteiger charge is -2.29. The summed E-state index contributed by atoms with van der Waals surface area (Å²) in [5.74, 6) is 0.304. The number of hydrogen-bond acceptors (Lipinski definition) is 1. The minimum absolute atomic E-state index is 0.0346. The molecular weight excluding hydrogens is 234 g/mol. The van der Waals surface area contributed by atoms with Crippen LogP contribution in [0.5, 0.6) is 0 Å². The Morgan fingerprint density at radius 2 is 1.84 bits per heavy atom. The fourth-order valence-electron chi connectivity index (χ4n) is 2.34. The summed E-state index contributed by atoms with van der Waals surface area (Å²) in [4.78, 5) is 12.3. The molecule has 0 bridgehead atoms. The Bertz CT molecular complexity index is 378. The second kappa shape index (κ2) is 7.32. The van der Waals surface area contributed by atoms with Crippen LogP contribution in [0.1, 0.15) is 46.1 Å². The van der Waals surface area contributed by atoms with Gasteiger partial charge in [0.2, 0.25) is 5.91 Å². The van der Waals surface area contributed by atoms with E-state index >= 15 is 0 Å². The van der Waals surface area contributed by atoms with Crippen molar-refractivity contribution in [1.29, 1.82) is 0 Å². The van der Waals surface area contributed by atoms with Gasteiger partial charge in [-0.15, -0.1) is 0 Å². The lowest BCUT2D eigenvalue weighted by Crippen LogP contribution is -2.38. The number of amides is 1. The number of nitrogens with one attached hydrogen (secondary N) is 1. The molecule has 1 amide bonds. The molecule has 0 fully saturated rings. The highest BCUT2D eigenvalue weighted by atomic mass is 16.1. The van der Waals surface area contributed by atoms with Crippen LogP contribution in [0.25, 0.3) is 0 Å². The molecule has 1 aromatic carbocycles. The van der Waals surface area contributed by atoms with Crippen LogP contribution in [-0.4, -0.2) is 12.5 Å². The average molecular weight is 261 g/mol. The van der Waals surface area contributed by atoms with Gasteiger partial charge in [0.15, 0.2) is 0 Å². The minimum Gasteiger partial charge on any atom is -0.356 e. The number of rotatable bonds is 6. The fourth-order valence-corrected chi connectivity index (χ4v) is 2.34. The van der Waals surface area contributed by atoms with Crippen LogP contribution in [0.15, 0.2) is 30.3 Å². The topological polar surface area (TPSA) is 29.1 Å². The van der Waals surface area contributed by atoms with Gasteiger partial charge in [-0.05, 0) is 23.8 Å². The Morgan fingerprint density at radius 1 is 1.21 bits per heavy atom. The maximum Gasteiger partial charge on any atom is 0.223 e. The van der Waals surface area contributed by atoms with E-state index in [0.717, 1.165) is 25.8 Å². The molecule has 2 nitrogen and oxygen atoms in total. The van der Waals surface area contributed by atoms with E-state index in [9.17, 15) is 4.79 Å². The van der Waals surface area contributed by atoms with Crippen LogP contribution >= 0.6 is 0 Å². The van der Waals surface area contributed by atoms with E-state index in [1.807, 2.05) is 18.2 Å². The summed E-state index contributed by atoms with van der Waals surface area (Å²) in [5.41, 5.74) is 1.30. The van der Waals surface area contributed by atoms with Gasteiger partial charge in [-0.3, -0.25) is 4.79 Å². The molecule has 0 aliphatic carbocycles. The van der Waals surface area contributed by atoms with Crippen LogP contribution in [0.4, 0.5) is 0 Å². The second-order valence-corrected chi connectivity index (χ2v) is 6.23. The Balaban J connectivity index is 2.45. The van der Waals surface area contributed by atoms with Gasteiger partial charge in [-0.2, -0.15) is 0 Å². The predicted octanol–water partition coefficient (Wildman–Crippen LogP) is 3.81. The largest absolute Gasteiger partial charge is 0.356 e. The molecule has 0 aliphatic heterocycles. The quantitative estimate of drug-likeness (QED) is 0.829. The zero-order valence-corrected chi connectivity index (χ0v) is 12.7. The van der Waals surface area contributed by atoms with Gasteiger partial charge in [0.05, 0.1) is 0 Å². The van der Waals surface area contributed by atoms with Crippen LogP contribution in [-0.2, 0) is 11.2 Å². The van der Waals surface area contributed by atoms with Crippen molar-refractivity contribution in [2.24, 2.45) is 11.3 Å². The number of benzene rings is 1. The molecule has 0 aliphatic rings. The average Bonchev–Trinajstić information content (AvgIpc) is 2.35. The van der Waals surface area contributed by atoms with Crippen molar-refractivity contribution in [3.63, 3.8) is 0 Å². The van der Waals surface area contributed by atoms with E-state index in [-0.39, 0.29) is 17.2 Å². The standard InChI is InChI=1S/C17H27NO/c1-5-9-15(17(2,3)4)16(19)18-13-12-14-10-7-6-8-11-14/h6-8,10-11,15H,5,9,12-13H2,1-4H3,(H,18,19).